The van der Waals surface area contributed by atoms with Gasteiger partial charge in [-0.2, -0.15) is 0 Å². The number of nitrogens with zero attached hydrogens (tertiary/aromatic N) is 2. The second kappa shape index (κ2) is 4.80. The summed E-state index contributed by atoms with van der Waals surface area (Å²) in [6.45, 7) is 0.415. The van der Waals surface area contributed by atoms with Crippen molar-refractivity contribution in [3.05, 3.63) is 0 Å². The molecule has 16 heavy (non-hydrogen) atoms. The maximum Gasteiger partial charge on any atom is 0.333 e. The predicted octanol–water partition coefficient (Wildman–Crippen LogP) is -0.290. The molecule has 0 aromatic heterocycles. The van der Waals surface area contributed by atoms with Crippen LogP contribution in [-0.4, -0.2) is 46.8 Å². The third-order valence-electron chi connectivity index (χ3n) is 2.57. The topological polar surface area (TPSA) is 83.7 Å². The Hall–Kier alpha value is -1.14. The largest absolute Gasteiger partial charge is 0.333 e. The third-order valence-corrected chi connectivity index (χ3v) is 2.57. The average molecular weight is 248 g/mol. The second-order valence-electron chi connectivity index (χ2n) is 3.79. The van der Waals surface area contributed by atoms with Crippen LogP contribution in [0.15, 0.2) is 0 Å². The van der Waals surface area contributed by atoms with Crippen molar-refractivity contribution in [1.82, 2.24) is 9.80 Å². The van der Waals surface area contributed by atoms with Crippen LogP contribution in [0.5, 0.6) is 0 Å². The quantitative estimate of drug-likeness (QED) is 0.695. The summed E-state index contributed by atoms with van der Waals surface area (Å²) in [5.41, 5.74) is 5.31. The zero-order valence-corrected chi connectivity index (χ0v) is 9.53. The Balaban J connectivity index is 0.00000128. The molecule has 0 radical (unpaired) electrons. The summed E-state index contributed by atoms with van der Waals surface area (Å²) < 4.78 is 0. The van der Waals surface area contributed by atoms with Crippen molar-refractivity contribution < 1.29 is 14.4 Å². The van der Waals surface area contributed by atoms with E-state index in [1.54, 1.807) is 0 Å². The van der Waals surface area contributed by atoms with Crippen molar-refractivity contribution in [3.63, 3.8) is 0 Å². The molecule has 2 fully saturated rings. The number of rotatable bonds is 3. The van der Waals surface area contributed by atoms with Crippen LogP contribution in [0.4, 0.5) is 4.79 Å². The van der Waals surface area contributed by atoms with E-state index in [1.807, 2.05) is 0 Å². The van der Waals surface area contributed by atoms with E-state index in [0.29, 0.717) is 0 Å². The highest BCUT2D eigenvalue weighted by atomic mass is 35.5. The molecule has 1 aliphatic carbocycles. The Labute approximate surface area is 99.1 Å². The number of amides is 4. The minimum atomic E-state index is -0.496. The number of barbiturate groups is 1. The van der Waals surface area contributed by atoms with Gasteiger partial charge in [0.25, 0.3) is 0 Å². The van der Waals surface area contributed by atoms with Crippen molar-refractivity contribution in [3.8, 4) is 0 Å². The lowest BCUT2D eigenvalue weighted by Gasteiger charge is -2.32. The van der Waals surface area contributed by atoms with Crippen LogP contribution in [0.2, 0.25) is 0 Å². The standard InChI is InChI=1S/C9H13N3O3.ClH/c10-3-4-11-7(13)5-8(14)12(9(11)15)6-1-2-6;/h6H,1-5,10H2;1H. The molecule has 90 valence electrons. The van der Waals surface area contributed by atoms with Gasteiger partial charge >= 0.3 is 6.03 Å². The SMILES string of the molecule is Cl.NCCN1C(=O)CC(=O)N(C2CC2)C1=O. The summed E-state index contributed by atoms with van der Waals surface area (Å²) >= 11 is 0. The molecule has 0 unspecified atom stereocenters. The first-order chi connectivity index (χ1) is 7.15. The zero-order valence-electron chi connectivity index (χ0n) is 8.72. The fourth-order valence-corrected chi connectivity index (χ4v) is 1.70. The number of imide groups is 2. The van der Waals surface area contributed by atoms with Gasteiger partial charge < -0.3 is 5.73 Å². The normalized spacial score (nSPS) is 21.2. The van der Waals surface area contributed by atoms with Gasteiger partial charge in [0.05, 0.1) is 0 Å². The number of urea groups is 1. The number of hydrogen-bond acceptors (Lipinski definition) is 4. The molecule has 6 nitrogen and oxygen atoms in total. The first-order valence-electron chi connectivity index (χ1n) is 5.01. The van der Waals surface area contributed by atoms with Gasteiger partial charge in [0, 0.05) is 19.1 Å². The molecular weight excluding hydrogens is 234 g/mol. The summed E-state index contributed by atoms with van der Waals surface area (Å²) in [5, 5.41) is 0. The van der Waals surface area contributed by atoms with E-state index in [-0.39, 0.29) is 43.9 Å². The van der Waals surface area contributed by atoms with Crippen LogP contribution in [0.1, 0.15) is 19.3 Å². The molecule has 2 aliphatic rings. The number of nitrogens with two attached hydrogens (primary N) is 1. The van der Waals surface area contributed by atoms with Gasteiger partial charge in [0.2, 0.25) is 11.8 Å². The molecular formula is C9H14ClN3O3. The van der Waals surface area contributed by atoms with Gasteiger partial charge in [0.1, 0.15) is 6.42 Å². The molecule has 2 rings (SSSR count). The Bertz CT molecular complexity index is 330. The summed E-state index contributed by atoms with van der Waals surface area (Å²) in [4.78, 5) is 36.9. The highest BCUT2D eigenvalue weighted by Crippen LogP contribution is 2.30. The molecule has 0 spiro atoms. The Kier molecular flexibility index (Phi) is 3.88. The lowest BCUT2D eigenvalue weighted by molar-refractivity contribution is -0.142. The van der Waals surface area contributed by atoms with E-state index in [1.165, 1.54) is 4.90 Å². The van der Waals surface area contributed by atoms with Gasteiger partial charge in [-0.15, -0.1) is 12.4 Å². The average Bonchev–Trinajstić information content (AvgIpc) is 2.96. The minimum Gasteiger partial charge on any atom is -0.329 e. The molecule has 1 heterocycles. The van der Waals surface area contributed by atoms with E-state index < -0.39 is 11.9 Å². The van der Waals surface area contributed by atoms with Crippen LogP contribution in [0, 0.1) is 0 Å². The highest BCUT2D eigenvalue weighted by molar-refractivity contribution is 6.14. The van der Waals surface area contributed by atoms with Crippen molar-refractivity contribution in [1.29, 1.82) is 0 Å². The molecule has 7 heteroatoms. The molecule has 1 aliphatic heterocycles. The van der Waals surface area contributed by atoms with E-state index >= 15 is 0 Å². The van der Waals surface area contributed by atoms with Crippen molar-refractivity contribution in [2.24, 2.45) is 5.73 Å². The number of carbonyl (C=O) groups is 3. The molecule has 0 aromatic carbocycles. The fraction of sp³-hybridized carbons (Fsp3) is 0.667. The van der Waals surface area contributed by atoms with Crippen LogP contribution in [-0.2, 0) is 9.59 Å². The van der Waals surface area contributed by atoms with Gasteiger partial charge in [-0.05, 0) is 12.8 Å². The van der Waals surface area contributed by atoms with E-state index in [2.05, 4.69) is 0 Å². The maximum absolute atomic E-state index is 11.8. The highest BCUT2D eigenvalue weighted by Gasteiger charge is 2.44. The number of carbonyl (C=O) groups excluding carboxylic acids is 3. The van der Waals surface area contributed by atoms with Crippen molar-refractivity contribution in [2.45, 2.75) is 25.3 Å². The van der Waals surface area contributed by atoms with Crippen molar-refractivity contribution >= 4 is 30.3 Å². The molecule has 2 N–H and O–H groups in total. The van der Waals surface area contributed by atoms with Gasteiger partial charge in [0.15, 0.2) is 0 Å². The number of hydrogen-bond donors (Lipinski definition) is 1. The van der Waals surface area contributed by atoms with Gasteiger partial charge in [-0.25, -0.2) is 4.79 Å². The fourth-order valence-electron chi connectivity index (χ4n) is 1.70. The molecule has 1 saturated carbocycles. The van der Waals surface area contributed by atoms with Crippen molar-refractivity contribution in [2.75, 3.05) is 13.1 Å². The second-order valence-corrected chi connectivity index (χ2v) is 3.79. The minimum absolute atomic E-state index is 0. The summed E-state index contributed by atoms with van der Waals surface area (Å²) in [5.74, 6) is -0.812. The monoisotopic (exact) mass is 247 g/mol. The molecule has 4 amide bonds. The first-order valence-corrected chi connectivity index (χ1v) is 5.01. The Morgan fingerprint density at radius 1 is 1.19 bits per heavy atom. The van der Waals surface area contributed by atoms with E-state index in [4.69, 9.17) is 5.73 Å². The lowest BCUT2D eigenvalue weighted by atomic mass is 10.2. The van der Waals surface area contributed by atoms with Crippen LogP contribution in [0.25, 0.3) is 0 Å². The van der Waals surface area contributed by atoms with Gasteiger partial charge in [-0.3, -0.25) is 19.4 Å². The maximum atomic E-state index is 11.8. The molecule has 0 bridgehead atoms. The lowest BCUT2D eigenvalue weighted by Crippen LogP contribution is -2.56. The zero-order chi connectivity index (χ0) is 11.0. The first kappa shape index (κ1) is 12.9. The summed E-state index contributed by atoms with van der Waals surface area (Å²) in [6, 6.07) is -0.484. The van der Waals surface area contributed by atoms with E-state index in [0.717, 1.165) is 17.7 Å². The van der Waals surface area contributed by atoms with E-state index in [9.17, 15) is 14.4 Å². The van der Waals surface area contributed by atoms with Gasteiger partial charge in [-0.1, -0.05) is 0 Å². The van der Waals surface area contributed by atoms with Crippen LogP contribution in [0.3, 0.4) is 0 Å². The Morgan fingerprint density at radius 3 is 2.31 bits per heavy atom. The van der Waals surface area contributed by atoms with Crippen LogP contribution < -0.4 is 5.73 Å². The number of halogens is 1. The predicted molar refractivity (Wildman–Crippen MR) is 57.9 cm³/mol. The third kappa shape index (κ3) is 2.17. The molecule has 1 saturated heterocycles. The summed E-state index contributed by atoms with van der Waals surface area (Å²) in [7, 11) is 0. The molecule has 0 aromatic rings. The summed E-state index contributed by atoms with van der Waals surface area (Å²) in [6.07, 6.45) is 1.49. The van der Waals surface area contributed by atoms with Crippen LogP contribution >= 0.6 is 12.4 Å². The molecule has 0 atom stereocenters. The Morgan fingerprint density at radius 2 is 1.81 bits per heavy atom. The smallest absolute Gasteiger partial charge is 0.329 e.